The summed E-state index contributed by atoms with van der Waals surface area (Å²) in [4.78, 5) is 15.5. The Morgan fingerprint density at radius 2 is 1.82 bits per heavy atom. The first kappa shape index (κ1) is 22.3. The Balaban J connectivity index is 1.31. The molecule has 1 heterocycles. The molecule has 6 aliphatic rings. The van der Waals surface area contributed by atoms with E-state index in [1.165, 1.54) is 49.0 Å². The number of halogens is 1. The van der Waals surface area contributed by atoms with E-state index in [0.29, 0.717) is 17.9 Å². The number of nitrogens with zero attached hydrogens (tertiary/aromatic N) is 1. The third kappa shape index (κ3) is 4.00. The maximum atomic E-state index is 13.8. The van der Waals surface area contributed by atoms with Crippen LogP contribution in [0.1, 0.15) is 88.7 Å². The van der Waals surface area contributed by atoms with Crippen LogP contribution in [0.15, 0.2) is 47.6 Å². The van der Waals surface area contributed by atoms with Crippen molar-refractivity contribution in [2.75, 3.05) is 6.54 Å². The van der Waals surface area contributed by atoms with E-state index in [1.54, 1.807) is 0 Å². The lowest BCUT2D eigenvalue weighted by Crippen LogP contribution is -2.55. The van der Waals surface area contributed by atoms with Crippen molar-refractivity contribution in [3.63, 3.8) is 0 Å². The predicted molar refractivity (Wildman–Crippen MR) is 131 cm³/mol. The zero-order valence-corrected chi connectivity index (χ0v) is 20.1. The fourth-order valence-corrected chi connectivity index (χ4v) is 7.65. The van der Waals surface area contributed by atoms with Crippen molar-refractivity contribution < 1.29 is 13.9 Å². The summed E-state index contributed by atoms with van der Waals surface area (Å²) in [5, 5.41) is 0. The van der Waals surface area contributed by atoms with Crippen LogP contribution < -0.4 is 5.73 Å². The molecule has 1 amide bonds. The summed E-state index contributed by atoms with van der Waals surface area (Å²) in [7, 11) is 0. The van der Waals surface area contributed by atoms with Crippen molar-refractivity contribution in [1.29, 1.82) is 0 Å². The zero-order valence-electron chi connectivity index (χ0n) is 20.1. The molecule has 1 aliphatic heterocycles. The SMILES string of the molecule is NC12CCC(CC1)[C@H](OC(=O)N1CCC3=C(C=CCC4(CCCC4)C3)[C@@H]1c1ccc(F)cc1)C2. The zero-order chi connectivity index (χ0) is 23.3. The van der Waals surface area contributed by atoms with Gasteiger partial charge in [-0.3, -0.25) is 4.90 Å². The summed E-state index contributed by atoms with van der Waals surface area (Å²) in [6.45, 7) is 0.648. The normalized spacial score (nSPS) is 34.3. The van der Waals surface area contributed by atoms with Gasteiger partial charge in [0.15, 0.2) is 0 Å². The standard InChI is InChI=1S/C29H37FN2O2/c30-23-7-5-21(6-8-23)26-24-4-3-14-28(12-1-2-13-28)18-22(24)11-17-32(26)27(33)34-25-19-29(31)15-9-20(25)10-16-29/h3-8,20,25-26H,1-2,9-19,31H2/t20?,25-,26+,29?/m1/s1. The average Bonchev–Trinajstić information content (AvgIpc) is 3.20. The molecule has 4 saturated carbocycles. The van der Waals surface area contributed by atoms with Gasteiger partial charge in [0.1, 0.15) is 11.9 Å². The molecule has 0 unspecified atom stereocenters. The van der Waals surface area contributed by atoms with Crippen molar-refractivity contribution >= 4 is 6.09 Å². The van der Waals surface area contributed by atoms with Crippen LogP contribution in [-0.4, -0.2) is 29.2 Å². The van der Waals surface area contributed by atoms with Crippen LogP contribution in [0.25, 0.3) is 0 Å². The predicted octanol–water partition coefficient (Wildman–Crippen LogP) is 6.58. The Morgan fingerprint density at radius 1 is 1.09 bits per heavy atom. The van der Waals surface area contributed by atoms with Gasteiger partial charge >= 0.3 is 6.09 Å². The molecule has 4 nitrogen and oxygen atoms in total. The van der Waals surface area contributed by atoms with Crippen LogP contribution in [0.5, 0.6) is 0 Å². The second-order valence-corrected chi connectivity index (χ2v) is 11.8. The van der Waals surface area contributed by atoms with E-state index in [2.05, 4.69) is 12.2 Å². The molecule has 5 heteroatoms. The molecule has 1 aromatic rings. The Morgan fingerprint density at radius 3 is 2.53 bits per heavy atom. The third-order valence-electron chi connectivity index (χ3n) is 9.60. The Hall–Kier alpha value is -2.14. The monoisotopic (exact) mass is 464 g/mol. The second kappa shape index (κ2) is 8.51. The summed E-state index contributed by atoms with van der Waals surface area (Å²) in [6.07, 6.45) is 17.6. The highest BCUT2D eigenvalue weighted by atomic mass is 19.1. The molecule has 2 atom stereocenters. The fraction of sp³-hybridized carbons (Fsp3) is 0.621. The lowest BCUT2D eigenvalue weighted by Gasteiger charge is -2.48. The molecule has 0 aromatic heterocycles. The summed E-state index contributed by atoms with van der Waals surface area (Å²) < 4.78 is 20.0. The molecule has 5 aliphatic carbocycles. The number of rotatable bonds is 2. The molecule has 2 N–H and O–H groups in total. The van der Waals surface area contributed by atoms with Crippen molar-refractivity contribution in [2.24, 2.45) is 17.1 Å². The van der Waals surface area contributed by atoms with Crippen LogP contribution in [-0.2, 0) is 4.74 Å². The first-order valence-electron chi connectivity index (χ1n) is 13.3. The fourth-order valence-electron chi connectivity index (χ4n) is 7.65. The third-order valence-corrected chi connectivity index (χ3v) is 9.60. The van der Waals surface area contributed by atoms with E-state index in [-0.39, 0.29) is 29.6 Å². The minimum absolute atomic E-state index is 0.0873. The number of nitrogens with two attached hydrogens (primary N) is 1. The maximum Gasteiger partial charge on any atom is 0.410 e. The number of amides is 1. The lowest BCUT2D eigenvalue weighted by molar-refractivity contribution is -0.0384. The summed E-state index contributed by atoms with van der Waals surface area (Å²) >= 11 is 0. The number of carbonyl (C=O) groups is 1. The van der Waals surface area contributed by atoms with Crippen molar-refractivity contribution in [1.82, 2.24) is 4.90 Å². The van der Waals surface area contributed by atoms with Gasteiger partial charge in [0.2, 0.25) is 0 Å². The number of hydrogen-bond donors (Lipinski definition) is 1. The summed E-state index contributed by atoms with van der Waals surface area (Å²) in [5.41, 5.74) is 10.5. The van der Waals surface area contributed by atoms with Gasteiger partial charge in [0.05, 0.1) is 6.04 Å². The minimum Gasteiger partial charge on any atom is -0.446 e. The summed E-state index contributed by atoms with van der Waals surface area (Å²) in [5.74, 6) is 0.175. The molecule has 2 bridgehead atoms. The Bertz CT molecular complexity index is 999. The number of hydrogen-bond acceptors (Lipinski definition) is 3. The van der Waals surface area contributed by atoms with Crippen LogP contribution in [0.3, 0.4) is 0 Å². The quantitative estimate of drug-likeness (QED) is 0.538. The summed E-state index contributed by atoms with van der Waals surface area (Å²) in [6, 6.07) is 6.45. The van der Waals surface area contributed by atoms with Gasteiger partial charge in [0.25, 0.3) is 0 Å². The second-order valence-electron chi connectivity index (χ2n) is 11.8. The minimum atomic E-state index is -0.254. The largest absolute Gasteiger partial charge is 0.446 e. The highest BCUT2D eigenvalue weighted by molar-refractivity contribution is 5.70. The van der Waals surface area contributed by atoms with E-state index in [1.807, 2.05) is 17.0 Å². The van der Waals surface area contributed by atoms with E-state index in [9.17, 15) is 9.18 Å². The van der Waals surface area contributed by atoms with Gasteiger partial charge < -0.3 is 10.5 Å². The molecule has 0 saturated heterocycles. The molecule has 7 rings (SSSR count). The van der Waals surface area contributed by atoms with Gasteiger partial charge in [-0.1, -0.05) is 42.7 Å². The van der Waals surface area contributed by atoms with Crippen LogP contribution in [0.4, 0.5) is 9.18 Å². The van der Waals surface area contributed by atoms with Gasteiger partial charge in [-0.05, 0) is 92.4 Å². The molecular formula is C29H37FN2O2. The number of carbonyl (C=O) groups excluding carboxylic acids is 1. The number of benzene rings is 1. The van der Waals surface area contributed by atoms with E-state index < -0.39 is 0 Å². The van der Waals surface area contributed by atoms with Crippen molar-refractivity contribution in [3.8, 4) is 0 Å². The van der Waals surface area contributed by atoms with Gasteiger partial charge in [-0.2, -0.15) is 0 Å². The first-order chi connectivity index (χ1) is 16.4. The van der Waals surface area contributed by atoms with Gasteiger partial charge in [-0.15, -0.1) is 0 Å². The van der Waals surface area contributed by atoms with Crippen LogP contribution in [0, 0.1) is 17.2 Å². The highest BCUT2D eigenvalue weighted by Crippen LogP contribution is 2.51. The molecule has 4 fully saturated rings. The number of allylic oxidation sites excluding steroid dienone is 1. The number of ether oxygens (including phenoxy) is 1. The smallest absolute Gasteiger partial charge is 0.410 e. The average molecular weight is 465 g/mol. The lowest BCUT2D eigenvalue weighted by atomic mass is 9.65. The molecule has 34 heavy (non-hydrogen) atoms. The first-order valence-corrected chi connectivity index (χ1v) is 13.3. The van der Waals surface area contributed by atoms with Crippen LogP contribution in [0.2, 0.25) is 0 Å². The van der Waals surface area contributed by atoms with Crippen LogP contribution >= 0.6 is 0 Å². The van der Waals surface area contributed by atoms with Crippen molar-refractivity contribution in [2.45, 2.75) is 94.7 Å². The molecule has 182 valence electrons. The van der Waals surface area contributed by atoms with Gasteiger partial charge in [-0.25, -0.2) is 9.18 Å². The molecular weight excluding hydrogens is 427 g/mol. The van der Waals surface area contributed by atoms with Crippen molar-refractivity contribution in [3.05, 3.63) is 58.9 Å². The highest BCUT2D eigenvalue weighted by Gasteiger charge is 2.46. The maximum absolute atomic E-state index is 13.8. The molecule has 0 radical (unpaired) electrons. The Labute approximate surface area is 202 Å². The van der Waals surface area contributed by atoms with E-state index in [4.69, 9.17) is 10.5 Å². The number of fused-ring (bicyclic) bond motifs is 3. The topological polar surface area (TPSA) is 55.6 Å². The van der Waals surface area contributed by atoms with E-state index in [0.717, 1.165) is 56.9 Å². The Kier molecular flexibility index (Phi) is 5.59. The molecule has 1 aromatic carbocycles. The molecule has 1 spiro atoms. The van der Waals surface area contributed by atoms with Gasteiger partial charge in [0, 0.05) is 18.5 Å². The van der Waals surface area contributed by atoms with E-state index >= 15 is 0 Å².